The second-order valence-corrected chi connectivity index (χ2v) is 5.78. The van der Waals surface area contributed by atoms with E-state index >= 15 is 0 Å². The number of nitrogens with two attached hydrogens (primary N) is 1. The average Bonchev–Trinajstić information content (AvgIpc) is 2.38. The van der Waals surface area contributed by atoms with Gasteiger partial charge in [-0.1, -0.05) is 19.8 Å². The molecule has 0 aromatic heterocycles. The quantitative estimate of drug-likeness (QED) is 0.538. The zero-order chi connectivity index (χ0) is 13.6. The minimum absolute atomic E-state index is 0.204. The zero-order valence-corrected chi connectivity index (χ0v) is 12.9. The maximum Gasteiger partial charge on any atom is 0.220 e. The number of hydrogen-bond acceptors (Lipinski definition) is 3. The third-order valence-corrected chi connectivity index (χ3v) is 3.98. The molecular formula is C14H30N2OS. The fourth-order valence-electron chi connectivity index (χ4n) is 1.99. The molecule has 0 aliphatic rings. The lowest BCUT2D eigenvalue weighted by molar-refractivity contribution is -0.121. The molecule has 0 aliphatic carbocycles. The number of carbonyl (C=O) groups is 1. The summed E-state index contributed by atoms with van der Waals surface area (Å²) in [6, 6.07) is 0. The Bertz CT molecular complexity index is 200. The molecule has 3 nitrogen and oxygen atoms in total. The van der Waals surface area contributed by atoms with Crippen LogP contribution in [0.3, 0.4) is 0 Å². The molecule has 0 bridgehead atoms. The van der Waals surface area contributed by atoms with Crippen LogP contribution in [0.15, 0.2) is 0 Å². The van der Waals surface area contributed by atoms with Crippen molar-refractivity contribution in [2.75, 3.05) is 25.1 Å². The van der Waals surface area contributed by atoms with Gasteiger partial charge < -0.3 is 11.1 Å². The van der Waals surface area contributed by atoms with Crippen LogP contribution in [0, 0.1) is 5.92 Å². The number of nitrogens with one attached hydrogen (secondary N) is 1. The maximum absolute atomic E-state index is 11.6. The summed E-state index contributed by atoms with van der Waals surface area (Å²) in [5.74, 6) is 2.04. The van der Waals surface area contributed by atoms with Crippen LogP contribution >= 0.6 is 11.8 Å². The molecular weight excluding hydrogens is 244 g/mol. The summed E-state index contributed by atoms with van der Waals surface area (Å²) in [6.07, 6.45) is 9.50. The summed E-state index contributed by atoms with van der Waals surface area (Å²) in [7, 11) is 0. The fraction of sp³-hybridized carbons (Fsp3) is 0.929. The maximum atomic E-state index is 11.6. The zero-order valence-electron chi connectivity index (χ0n) is 12.0. The Kier molecular flexibility index (Phi) is 13.1. The topological polar surface area (TPSA) is 55.1 Å². The molecule has 1 amide bonds. The Hall–Kier alpha value is -0.220. The van der Waals surface area contributed by atoms with Gasteiger partial charge >= 0.3 is 0 Å². The standard InChI is InChI=1S/C14H30N2OS/c1-3-13(9-10-15)7-8-14(17)16-11-5-4-6-12-18-2/h13H,3-12,15H2,1-2H3,(H,16,17). The molecule has 0 heterocycles. The minimum atomic E-state index is 0.204. The Balaban J connectivity index is 3.41. The summed E-state index contributed by atoms with van der Waals surface area (Å²) in [5, 5.41) is 3.00. The van der Waals surface area contributed by atoms with Crippen molar-refractivity contribution in [3.8, 4) is 0 Å². The Labute approximate surface area is 117 Å². The summed E-state index contributed by atoms with van der Waals surface area (Å²) in [5.41, 5.74) is 5.55. The molecule has 0 aromatic carbocycles. The Morgan fingerprint density at radius 3 is 2.67 bits per heavy atom. The van der Waals surface area contributed by atoms with Crippen LogP contribution in [0.2, 0.25) is 0 Å². The van der Waals surface area contributed by atoms with Crippen molar-refractivity contribution in [3.05, 3.63) is 0 Å². The first-order valence-electron chi connectivity index (χ1n) is 7.20. The predicted octanol–water partition coefficient (Wildman–Crippen LogP) is 2.79. The van der Waals surface area contributed by atoms with Gasteiger partial charge in [0.05, 0.1) is 0 Å². The summed E-state index contributed by atoms with van der Waals surface area (Å²) >= 11 is 1.89. The highest BCUT2D eigenvalue weighted by Crippen LogP contribution is 2.14. The highest BCUT2D eigenvalue weighted by molar-refractivity contribution is 7.98. The van der Waals surface area contributed by atoms with Crippen LogP contribution in [-0.4, -0.2) is 31.0 Å². The van der Waals surface area contributed by atoms with E-state index in [1.165, 1.54) is 18.6 Å². The number of rotatable bonds is 12. The second kappa shape index (κ2) is 13.2. The smallest absolute Gasteiger partial charge is 0.220 e. The lowest BCUT2D eigenvalue weighted by Crippen LogP contribution is -2.25. The molecule has 0 rings (SSSR count). The number of unbranched alkanes of at least 4 members (excludes halogenated alkanes) is 2. The highest BCUT2D eigenvalue weighted by atomic mass is 32.2. The van der Waals surface area contributed by atoms with Crippen molar-refractivity contribution in [1.82, 2.24) is 5.32 Å². The van der Waals surface area contributed by atoms with Crippen molar-refractivity contribution in [1.29, 1.82) is 0 Å². The Morgan fingerprint density at radius 2 is 2.06 bits per heavy atom. The van der Waals surface area contributed by atoms with Gasteiger partial charge in [-0.2, -0.15) is 11.8 Å². The first-order valence-corrected chi connectivity index (χ1v) is 8.59. The van der Waals surface area contributed by atoms with Gasteiger partial charge in [0.25, 0.3) is 0 Å². The van der Waals surface area contributed by atoms with E-state index in [1.54, 1.807) is 0 Å². The van der Waals surface area contributed by atoms with Crippen molar-refractivity contribution in [2.45, 2.75) is 51.9 Å². The van der Waals surface area contributed by atoms with Crippen molar-refractivity contribution < 1.29 is 4.79 Å². The molecule has 0 saturated carbocycles. The van der Waals surface area contributed by atoms with Crippen LogP contribution in [0.4, 0.5) is 0 Å². The van der Waals surface area contributed by atoms with Crippen LogP contribution < -0.4 is 11.1 Å². The number of thioether (sulfide) groups is 1. The van der Waals surface area contributed by atoms with Crippen molar-refractivity contribution >= 4 is 17.7 Å². The third kappa shape index (κ3) is 10.9. The lowest BCUT2D eigenvalue weighted by atomic mass is 9.96. The molecule has 0 aromatic rings. The van der Waals surface area contributed by atoms with Crippen LogP contribution in [0.5, 0.6) is 0 Å². The second-order valence-electron chi connectivity index (χ2n) is 4.79. The Morgan fingerprint density at radius 1 is 1.28 bits per heavy atom. The molecule has 3 N–H and O–H groups in total. The van der Waals surface area contributed by atoms with E-state index in [-0.39, 0.29) is 5.91 Å². The first-order chi connectivity index (χ1) is 8.74. The summed E-state index contributed by atoms with van der Waals surface area (Å²) in [6.45, 7) is 3.74. The van der Waals surface area contributed by atoms with E-state index in [1.807, 2.05) is 11.8 Å². The molecule has 0 fully saturated rings. The van der Waals surface area contributed by atoms with Gasteiger partial charge in [0.15, 0.2) is 0 Å². The van der Waals surface area contributed by atoms with E-state index in [9.17, 15) is 4.79 Å². The molecule has 0 radical (unpaired) electrons. The van der Waals surface area contributed by atoms with Gasteiger partial charge in [-0.05, 0) is 50.2 Å². The molecule has 1 unspecified atom stereocenters. The van der Waals surface area contributed by atoms with Crippen LogP contribution in [0.25, 0.3) is 0 Å². The molecule has 108 valence electrons. The van der Waals surface area contributed by atoms with E-state index in [4.69, 9.17) is 5.73 Å². The molecule has 4 heteroatoms. The van der Waals surface area contributed by atoms with E-state index in [0.717, 1.165) is 38.8 Å². The molecule has 0 aliphatic heterocycles. The SMILES string of the molecule is CCC(CCN)CCC(=O)NCCCCCSC. The third-order valence-electron chi connectivity index (χ3n) is 3.28. The molecule has 0 spiro atoms. The number of amides is 1. The summed E-state index contributed by atoms with van der Waals surface area (Å²) in [4.78, 5) is 11.6. The van der Waals surface area contributed by atoms with Gasteiger partial charge in [-0.3, -0.25) is 4.79 Å². The number of hydrogen-bond donors (Lipinski definition) is 2. The van der Waals surface area contributed by atoms with E-state index in [2.05, 4.69) is 18.5 Å². The van der Waals surface area contributed by atoms with E-state index in [0.29, 0.717) is 12.3 Å². The van der Waals surface area contributed by atoms with E-state index < -0.39 is 0 Å². The van der Waals surface area contributed by atoms with Crippen LogP contribution in [0.1, 0.15) is 51.9 Å². The lowest BCUT2D eigenvalue weighted by Gasteiger charge is -2.13. The summed E-state index contributed by atoms with van der Waals surface area (Å²) < 4.78 is 0. The van der Waals surface area contributed by atoms with Gasteiger partial charge in [0.1, 0.15) is 0 Å². The van der Waals surface area contributed by atoms with Crippen molar-refractivity contribution in [3.63, 3.8) is 0 Å². The normalized spacial score (nSPS) is 12.4. The monoisotopic (exact) mass is 274 g/mol. The molecule has 18 heavy (non-hydrogen) atoms. The number of carbonyl (C=O) groups excluding carboxylic acids is 1. The van der Waals surface area contributed by atoms with Crippen molar-refractivity contribution in [2.24, 2.45) is 11.7 Å². The van der Waals surface area contributed by atoms with Gasteiger partial charge in [0, 0.05) is 13.0 Å². The highest BCUT2D eigenvalue weighted by Gasteiger charge is 2.08. The minimum Gasteiger partial charge on any atom is -0.356 e. The van der Waals surface area contributed by atoms with Gasteiger partial charge in [-0.25, -0.2) is 0 Å². The van der Waals surface area contributed by atoms with Gasteiger partial charge in [0.2, 0.25) is 5.91 Å². The molecule has 0 saturated heterocycles. The first kappa shape index (κ1) is 17.8. The molecule has 1 atom stereocenters. The largest absolute Gasteiger partial charge is 0.356 e. The van der Waals surface area contributed by atoms with Crippen LogP contribution in [-0.2, 0) is 4.79 Å². The fourth-order valence-corrected chi connectivity index (χ4v) is 2.48. The van der Waals surface area contributed by atoms with Gasteiger partial charge in [-0.15, -0.1) is 0 Å². The average molecular weight is 274 g/mol. The predicted molar refractivity (Wildman–Crippen MR) is 81.9 cm³/mol.